The minimum Gasteiger partial charge on any atom is -0.477 e. The van der Waals surface area contributed by atoms with E-state index in [1.807, 2.05) is 6.92 Å². The van der Waals surface area contributed by atoms with Crippen LogP contribution in [-0.2, 0) is 0 Å². The third-order valence-corrected chi connectivity index (χ3v) is 6.03. The number of carbonyl (C=O) groups excluding carboxylic acids is 1. The Morgan fingerprint density at radius 1 is 1.34 bits per heavy atom. The second kappa shape index (κ2) is 8.34. The van der Waals surface area contributed by atoms with E-state index in [1.165, 1.54) is 25.1 Å². The summed E-state index contributed by atoms with van der Waals surface area (Å²) in [4.78, 5) is 28.2. The number of ether oxygens (including phenoxy) is 1. The molecule has 2 saturated heterocycles. The number of nitrogens with zero attached hydrogens (tertiary/aromatic N) is 5. The van der Waals surface area contributed by atoms with E-state index in [2.05, 4.69) is 30.5 Å². The first kappa shape index (κ1) is 20.6. The van der Waals surface area contributed by atoms with E-state index in [0.29, 0.717) is 35.9 Å². The summed E-state index contributed by atoms with van der Waals surface area (Å²) in [6.07, 6.45) is 7.17. The number of aryl methyl sites for hydroxylation is 1. The summed E-state index contributed by atoms with van der Waals surface area (Å²) in [6.45, 7) is 6.75. The Labute approximate surface area is 185 Å². The molecule has 0 saturated carbocycles. The number of piperidine rings is 1. The van der Waals surface area contributed by atoms with Crippen LogP contribution in [-0.4, -0.2) is 57.5 Å². The first-order valence-electron chi connectivity index (χ1n) is 11.0. The van der Waals surface area contributed by atoms with Gasteiger partial charge in [-0.05, 0) is 39.2 Å². The van der Waals surface area contributed by atoms with Crippen molar-refractivity contribution in [2.75, 3.05) is 36.5 Å². The Hall–Kier alpha value is -3.27. The van der Waals surface area contributed by atoms with Gasteiger partial charge < -0.3 is 24.7 Å². The number of anilines is 2. The number of hydrogen-bond acceptors (Lipinski definition) is 7. The van der Waals surface area contributed by atoms with Crippen molar-refractivity contribution in [1.82, 2.24) is 24.7 Å². The first-order chi connectivity index (χ1) is 15.5. The highest BCUT2D eigenvalue weighted by atomic mass is 19.1. The van der Waals surface area contributed by atoms with Gasteiger partial charge in [0.2, 0.25) is 11.8 Å². The summed E-state index contributed by atoms with van der Waals surface area (Å²) < 4.78 is 21.6. The topological polar surface area (TPSA) is 96.7 Å². The fourth-order valence-electron chi connectivity index (χ4n) is 4.57. The molecule has 5 heterocycles. The molecule has 0 bridgehead atoms. The molecule has 2 atom stereocenters. The molecule has 0 aliphatic carbocycles. The fourth-order valence-corrected chi connectivity index (χ4v) is 4.57. The van der Waals surface area contributed by atoms with Gasteiger partial charge >= 0.3 is 0 Å². The molecule has 9 nitrogen and oxygen atoms in total. The van der Waals surface area contributed by atoms with E-state index < -0.39 is 11.7 Å². The van der Waals surface area contributed by atoms with Gasteiger partial charge in [0.1, 0.15) is 5.56 Å². The van der Waals surface area contributed by atoms with E-state index in [4.69, 9.17) is 4.74 Å². The zero-order valence-corrected chi connectivity index (χ0v) is 18.1. The average Bonchev–Trinajstić information content (AvgIpc) is 3.37. The van der Waals surface area contributed by atoms with Gasteiger partial charge in [-0.3, -0.25) is 4.79 Å². The van der Waals surface area contributed by atoms with Crippen LogP contribution in [0.1, 0.15) is 35.8 Å². The molecular formula is C22H26FN7O2. The fraction of sp³-hybridized carbons (Fsp3) is 0.455. The number of rotatable bonds is 5. The lowest BCUT2D eigenvalue weighted by Crippen LogP contribution is -2.40. The number of carbonyl (C=O) groups is 1. The van der Waals surface area contributed by atoms with Crippen molar-refractivity contribution in [3.63, 3.8) is 0 Å². The molecule has 0 unspecified atom stereocenters. The van der Waals surface area contributed by atoms with E-state index in [9.17, 15) is 9.18 Å². The lowest BCUT2D eigenvalue weighted by Gasteiger charge is -2.24. The van der Waals surface area contributed by atoms with Gasteiger partial charge in [0.25, 0.3) is 5.91 Å². The van der Waals surface area contributed by atoms with E-state index >= 15 is 0 Å². The molecule has 1 amide bonds. The zero-order valence-electron chi connectivity index (χ0n) is 18.1. The minimum absolute atomic E-state index is 0.202. The number of pyridine rings is 1. The predicted octanol–water partition coefficient (Wildman–Crippen LogP) is 2.41. The largest absolute Gasteiger partial charge is 0.477 e. The van der Waals surface area contributed by atoms with Crippen LogP contribution in [0.4, 0.5) is 16.0 Å². The van der Waals surface area contributed by atoms with Gasteiger partial charge in [-0.1, -0.05) is 0 Å². The summed E-state index contributed by atoms with van der Waals surface area (Å²) in [7, 11) is 0. The minimum atomic E-state index is -0.517. The van der Waals surface area contributed by atoms with Gasteiger partial charge in [-0.25, -0.2) is 14.4 Å². The van der Waals surface area contributed by atoms with Gasteiger partial charge in [-0.15, -0.1) is 0 Å². The maximum Gasteiger partial charge on any atom is 0.262 e. The normalized spacial score (nSPS) is 20.4. The number of aromatic nitrogens is 4. The van der Waals surface area contributed by atoms with Crippen molar-refractivity contribution < 1.29 is 13.9 Å². The molecule has 32 heavy (non-hydrogen) atoms. The number of halogens is 1. The van der Waals surface area contributed by atoms with Crippen molar-refractivity contribution in [1.29, 1.82) is 0 Å². The Morgan fingerprint density at radius 3 is 3.03 bits per heavy atom. The second-order valence-electron chi connectivity index (χ2n) is 8.33. The summed E-state index contributed by atoms with van der Waals surface area (Å²) in [5.74, 6) is 0.381. The number of imidazole rings is 1. The van der Waals surface area contributed by atoms with Gasteiger partial charge in [0.15, 0.2) is 11.5 Å². The van der Waals surface area contributed by atoms with Gasteiger partial charge in [-0.2, -0.15) is 4.98 Å². The van der Waals surface area contributed by atoms with Crippen LogP contribution in [0.15, 0.2) is 24.7 Å². The summed E-state index contributed by atoms with van der Waals surface area (Å²) in [5, 5.41) is 6.28. The number of nitrogens with one attached hydrogen (secondary N) is 2. The van der Waals surface area contributed by atoms with E-state index in [-0.39, 0.29) is 17.1 Å². The monoisotopic (exact) mass is 439 g/mol. The molecule has 168 valence electrons. The number of fused-ring (bicyclic) bond motifs is 2. The molecule has 5 rings (SSSR count). The molecule has 3 aromatic heterocycles. The molecule has 10 heteroatoms. The smallest absolute Gasteiger partial charge is 0.262 e. The molecular weight excluding hydrogens is 413 g/mol. The standard InChI is InChI=1S/C22H26FN7O2/c1-3-32-21-16(8-25-22(28-21)30-10-14-5-4-6-24-18(14)12-30)20(31)27-15-7-17(23)19-26-13(2)9-29(19)11-15/h7-9,11,14,18,24H,3-6,10,12H2,1-2H3,(H,27,31)/t14-,18+/m0/s1. The highest BCUT2D eigenvalue weighted by Crippen LogP contribution is 2.29. The highest BCUT2D eigenvalue weighted by Gasteiger charge is 2.35. The molecule has 2 aliphatic rings. The first-order valence-corrected chi connectivity index (χ1v) is 11.0. The molecule has 0 spiro atoms. The molecule has 2 aliphatic heterocycles. The number of hydrogen-bond donors (Lipinski definition) is 2. The second-order valence-corrected chi connectivity index (χ2v) is 8.33. The zero-order chi connectivity index (χ0) is 22.2. The lowest BCUT2D eigenvalue weighted by atomic mass is 9.94. The van der Waals surface area contributed by atoms with Crippen molar-refractivity contribution >= 4 is 23.2 Å². The molecule has 0 aromatic carbocycles. The van der Waals surface area contributed by atoms with Crippen LogP contribution in [0, 0.1) is 18.7 Å². The Kier molecular flexibility index (Phi) is 5.38. The Bertz CT molecular complexity index is 1150. The third kappa shape index (κ3) is 3.86. The predicted molar refractivity (Wildman–Crippen MR) is 118 cm³/mol. The van der Waals surface area contributed by atoms with E-state index in [0.717, 1.165) is 19.6 Å². The van der Waals surface area contributed by atoms with Crippen LogP contribution >= 0.6 is 0 Å². The maximum atomic E-state index is 14.4. The van der Waals surface area contributed by atoms with Crippen LogP contribution in [0.2, 0.25) is 0 Å². The van der Waals surface area contributed by atoms with Crippen LogP contribution in [0.3, 0.4) is 0 Å². The summed E-state index contributed by atoms with van der Waals surface area (Å²) in [5.41, 5.74) is 1.40. The Morgan fingerprint density at radius 2 is 2.22 bits per heavy atom. The molecule has 3 aromatic rings. The molecule has 2 fully saturated rings. The quantitative estimate of drug-likeness (QED) is 0.630. The van der Waals surface area contributed by atoms with Crippen molar-refractivity contribution in [2.45, 2.75) is 32.7 Å². The average molecular weight is 439 g/mol. The summed E-state index contributed by atoms with van der Waals surface area (Å²) in [6, 6.07) is 1.69. The maximum absolute atomic E-state index is 14.4. The van der Waals surface area contributed by atoms with Crippen molar-refractivity contribution in [3.05, 3.63) is 41.7 Å². The van der Waals surface area contributed by atoms with Crippen LogP contribution < -0.4 is 20.3 Å². The SMILES string of the molecule is CCOc1nc(N2C[C@@H]3CCCN[C@@H]3C2)ncc1C(=O)Nc1cc(F)c2nc(C)cn2c1. The highest BCUT2D eigenvalue weighted by molar-refractivity contribution is 6.05. The molecule has 0 radical (unpaired) electrons. The van der Waals surface area contributed by atoms with Crippen molar-refractivity contribution in [2.24, 2.45) is 5.92 Å². The third-order valence-electron chi connectivity index (χ3n) is 6.03. The van der Waals surface area contributed by atoms with E-state index in [1.54, 1.807) is 23.7 Å². The summed E-state index contributed by atoms with van der Waals surface area (Å²) >= 11 is 0. The van der Waals surface area contributed by atoms with Crippen molar-refractivity contribution in [3.8, 4) is 5.88 Å². The number of amides is 1. The van der Waals surface area contributed by atoms with Crippen LogP contribution in [0.25, 0.3) is 5.65 Å². The Balaban J connectivity index is 1.38. The molecule has 2 N–H and O–H groups in total. The lowest BCUT2D eigenvalue weighted by molar-refractivity contribution is 0.102. The van der Waals surface area contributed by atoms with Gasteiger partial charge in [0, 0.05) is 43.8 Å². The van der Waals surface area contributed by atoms with Gasteiger partial charge in [0.05, 0.1) is 18.0 Å². The van der Waals surface area contributed by atoms with Crippen LogP contribution in [0.5, 0.6) is 5.88 Å².